The Kier molecular flexibility index (Phi) is 6.12. The van der Waals surface area contributed by atoms with Crippen LogP contribution < -0.4 is 0 Å². The minimum Gasteiger partial charge on any atom is -0.394 e. The molecule has 0 spiro atoms. The molecule has 0 bridgehead atoms. The summed E-state index contributed by atoms with van der Waals surface area (Å²) in [7, 11) is -2.07. The van der Waals surface area contributed by atoms with Crippen molar-refractivity contribution in [1.29, 1.82) is 0 Å². The third kappa shape index (κ3) is 3.31. The number of hydrogen-bond donors (Lipinski definition) is 0. The van der Waals surface area contributed by atoms with Gasteiger partial charge in [-0.2, -0.15) is 0 Å². The summed E-state index contributed by atoms with van der Waals surface area (Å²) in [5.74, 6) is 1.66. The van der Waals surface area contributed by atoms with Crippen LogP contribution in [0.3, 0.4) is 0 Å². The molecule has 0 radical (unpaired) electrons. The van der Waals surface area contributed by atoms with Crippen molar-refractivity contribution in [2.24, 2.45) is 11.8 Å². The molecule has 4 atom stereocenters. The van der Waals surface area contributed by atoms with Gasteiger partial charge in [0.15, 0.2) is 0 Å². The van der Waals surface area contributed by atoms with Gasteiger partial charge in [-0.3, -0.25) is 0 Å². The molecule has 2 aliphatic rings. The molecule has 118 valence electrons. The largest absolute Gasteiger partial charge is 0.394 e. The Morgan fingerprint density at radius 2 is 1.55 bits per heavy atom. The Morgan fingerprint density at radius 3 is 2.05 bits per heavy atom. The van der Waals surface area contributed by atoms with E-state index >= 15 is 0 Å². The van der Waals surface area contributed by atoms with E-state index in [9.17, 15) is 0 Å². The minimum atomic E-state index is -2.07. The predicted octanol–water partition coefficient (Wildman–Crippen LogP) is 5.27. The Bertz CT molecular complexity index is 289. The van der Waals surface area contributed by atoms with Gasteiger partial charge in [-0.25, -0.2) is 0 Å². The first-order chi connectivity index (χ1) is 9.64. The summed E-state index contributed by atoms with van der Waals surface area (Å²) in [5.41, 5.74) is 1.47. The van der Waals surface area contributed by atoms with Crippen LogP contribution in [0, 0.1) is 11.8 Å². The van der Waals surface area contributed by atoms with E-state index in [1.54, 1.807) is 0 Å². The van der Waals surface area contributed by atoms with Gasteiger partial charge in [-0.15, -0.1) is 0 Å². The average molecular weight is 299 g/mol. The lowest BCUT2D eigenvalue weighted by molar-refractivity contribution is 0.143. The standard InChI is InChI=1S/C17H34O2Si/c1-5-18-20(19-6-2,17-12-8-10-15(17)4)16-11-7-9-14(3)13-16/h14-17H,5-13H2,1-4H3. The van der Waals surface area contributed by atoms with E-state index in [1.807, 2.05) is 0 Å². The SMILES string of the molecule is CCO[Si](OCC)(C1CCCC(C)C1)C1CCCC1C. The van der Waals surface area contributed by atoms with E-state index in [1.165, 1.54) is 44.9 Å². The van der Waals surface area contributed by atoms with Crippen LogP contribution in [0.5, 0.6) is 0 Å². The first-order valence-electron chi connectivity index (χ1n) is 8.91. The average Bonchev–Trinajstić information content (AvgIpc) is 2.85. The van der Waals surface area contributed by atoms with E-state index < -0.39 is 8.56 Å². The fourth-order valence-electron chi connectivity index (χ4n) is 4.79. The molecule has 20 heavy (non-hydrogen) atoms. The van der Waals surface area contributed by atoms with Crippen LogP contribution in [-0.2, 0) is 8.85 Å². The fourth-order valence-corrected chi connectivity index (χ4v) is 10.2. The number of rotatable bonds is 6. The van der Waals surface area contributed by atoms with E-state index in [4.69, 9.17) is 8.85 Å². The van der Waals surface area contributed by atoms with Crippen molar-refractivity contribution in [3.8, 4) is 0 Å². The molecule has 2 fully saturated rings. The van der Waals surface area contributed by atoms with E-state index in [-0.39, 0.29) is 0 Å². The van der Waals surface area contributed by atoms with Gasteiger partial charge < -0.3 is 8.85 Å². The maximum atomic E-state index is 6.53. The molecule has 0 heterocycles. The highest BCUT2D eigenvalue weighted by atomic mass is 28.4. The van der Waals surface area contributed by atoms with Crippen LogP contribution in [-0.4, -0.2) is 21.8 Å². The predicted molar refractivity (Wildman–Crippen MR) is 87.2 cm³/mol. The topological polar surface area (TPSA) is 18.5 Å². The number of hydrogen-bond acceptors (Lipinski definition) is 2. The zero-order valence-corrected chi connectivity index (χ0v) is 15.0. The molecular formula is C17H34O2Si. The summed E-state index contributed by atoms with van der Waals surface area (Å²) >= 11 is 0. The van der Waals surface area contributed by atoms with Crippen LogP contribution in [0.15, 0.2) is 0 Å². The molecule has 0 aliphatic heterocycles. The summed E-state index contributed by atoms with van der Waals surface area (Å²) < 4.78 is 13.1. The van der Waals surface area contributed by atoms with Gasteiger partial charge in [0, 0.05) is 24.3 Å². The Morgan fingerprint density at radius 1 is 0.900 bits per heavy atom. The zero-order chi connectivity index (χ0) is 14.6. The van der Waals surface area contributed by atoms with Crippen LogP contribution in [0.4, 0.5) is 0 Å². The molecule has 2 saturated carbocycles. The van der Waals surface area contributed by atoms with E-state index in [0.29, 0.717) is 0 Å². The summed E-state index contributed by atoms with van der Waals surface area (Å²) in [6, 6.07) is 0. The lowest BCUT2D eigenvalue weighted by Gasteiger charge is -2.45. The maximum Gasteiger partial charge on any atom is 0.344 e. The quantitative estimate of drug-likeness (QED) is 0.622. The first-order valence-corrected chi connectivity index (χ1v) is 10.9. The second-order valence-electron chi connectivity index (χ2n) is 7.07. The molecule has 0 amide bonds. The van der Waals surface area contributed by atoms with Crippen LogP contribution in [0.2, 0.25) is 11.1 Å². The second-order valence-corrected chi connectivity index (χ2v) is 10.6. The molecule has 4 unspecified atom stereocenters. The molecule has 0 aromatic rings. The second kappa shape index (κ2) is 7.41. The van der Waals surface area contributed by atoms with Gasteiger partial charge in [0.2, 0.25) is 0 Å². The Labute approximate surface area is 126 Å². The van der Waals surface area contributed by atoms with Gasteiger partial charge in [0.1, 0.15) is 0 Å². The van der Waals surface area contributed by atoms with Crippen LogP contribution in [0.1, 0.15) is 72.6 Å². The van der Waals surface area contributed by atoms with Crippen molar-refractivity contribution in [2.75, 3.05) is 13.2 Å². The lowest BCUT2D eigenvalue weighted by atomic mass is 9.90. The van der Waals surface area contributed by atoms with Crippen molar-refractivity contribution in [1.82, 2.24) is 0 Å². The molecule has 0 aromatic carbocycles. The summed E-state index contributed by atoms with van der Waals surface area (Å²) in [6.07, 6.45) is 9.57. The monoisotopic (exact) mass is 298 g/mol. The van der Waals surface area contributed by atoms with Crippen molar-refractivity contribution < 1.29 is 8.85 Å². The highest BCUT2D eigenvalue weighted by Gasteiger charge is 2.55. The van der Waals surface area contributed by atoms with Gasteiger partial charge >= 0.3 is 8.56 Å². The molecule has 0 aromatic heterocycles. The van der Waals surface area contributed by atoms with Crippen molar-refractivity contribution in [3.05, 3.63) is 0 Å². The van der Waals surface area contributed by atoms with Gasteiger partial charge in [-0.1, -0.05) is 39.5 Å². The third-order valence-corrected chi connectivity index (χ3v) is 10.7. The molecule has 2 rings (SSSR count). The first kappa shape index (κ1) is 16.5. The highest BCUT2D eigenvalue weighted by Crippen LogP contribution is 2.53. The minimum absolute atomic E-state index is 0.733. The molecule has 2 aliphatic carbocycles. The van der Waals surface area contributed by atoms with E-state index in [2.05, 4.69) is 27.7 Å². The molecule has 2 nitrogen and oxygen atoms in total. The van der Waals surface area contributed by atoms with Gasteiger partial charge in [0.05, 0.1) is 0 Å². The zero-order valence-electron chi connectivity index (χ0n) is 14.0. The van der Waals surface area contributed by atoms with Gasteiger partial charge in [-0.05, 0) is 44.9 Å². The van der Waals surface area contributed by atoms with Crippen LogP contribution in [0.25, 0.3) is 0 Å². The highest BCUT2D eigenvalue weighted by molar-refractivity contribution is 6.70. The summed E-state index contributed by atoms with van der Waals surface area (Å²) in [5, 5.41) is 0. The van der Waals surface area contributed by atoms with Crippen LogP contribution >= 0.6 is 0 Å². The maximum absolute atomic E-state index is 6.53. The van der Waals surface area contributed by atoms with Crippen molar-refractivity contribution in [3.63, 3.8) is 0 Å². The van der Waals surface area contributed by atoms with Crippen molar-refractivity contribution in [2.45, 2.75) is 83.7 Å². The lowest BCUT2D eigenvalue weighted by Crippen LogP contribution is -2.53. The summed E-state index contributed by atoms with van der Waals surface area (Å²) in [4.78, 5) is 0. The molecular weight excluding hydrogens is 264 g/mol. The molecule has 0 saturated heterocycles. The molecule has 0 N–H and O–H groups in total. The third-order valence-electron chi connectivity index (χ3n) is 5.62. The van der Waals surface area contributed by atoms with Gasteiger partial charge in [0.25, 0.3) is 0 Å². The molecule has 3 heteroatoms. The normalized spacial score (nSPS) is 35.4. The van der Waals surface area contributed by atoms with E-state index in [0.717, 1.165) is 36.1 Å². The fraction of sp³-hybridized carbons (Fsp3) is 1.00. The summed E-state index contributed by atoms with van der Waals surface area (Å²) in [6.45, 7) is 10.8. The smallest absolute Gasteiger partial charge is 0.344 e. The van der Waals surface area contributed by atoms with Crippen molar-refractivity contribution >= 4 is 8.56 Å². The Hall–Kier alpha value is 0.137. The Balaban J connectivity index is 2.24.